The highest BCUT2D eigenvalue weighted by Crippen LogP contribution is 2.42. The van der Waals surface area contributed by atoms with Gasteiger partial charge in [0.1, 0.15) is 5.75 Å². The first-order chi connectivity index (χ1) is 9.69. The molecule has 1 unspecified atom stereocenters. The fraction of sp³-hybridized carbons (Fsp3) is 0.375. The molecule has 0 aliphatic heterocycles. The second kappa shape index (κ2) is 6.08. The molecular formula is C16H16BrClOS. The monoisotopic (exact) mass is 370 g/mol. The molecule has 0 N–H and O–H groups in total. The Hall–Kier alpha value is -0.510. The molecule has 20 heavy (non-hydrogen) atoms. The number of rotatable bonds is 3. The number of hydrogen-bond acceptors (Lipinski definition) is 2. The van der Waals surface area contributed by atoms with Crippen molar-refractivity contribution in [1.82, 2.24) is 0 Å². The Balaban J connectivity index is 1.97. The molecule has 1 aliphatic rings. The molecule has 0 radical (unpaired) electrons. The summed E-state index contributed by atoms with van der Waals surface area (Å²) < 4.78 is 6.47. The molecule has 1 nitrogen and oxygen atoms in total. The van der Waals surface area contributed by atoms with Crippen LogP contribution in [0.5, 0.6) is 5.75 Å². The summed E-state index contributed by atoms with van der Waals surface area (Å²) in [6.45, 7) is 0. The van der Waals surface area contributed by atoms with Gasteiger partial charge in [0.2, 0.25) is 0 Å². The summed E-state index contributed by atoms with van der Waals surface area (Å²) in [5.74, 6) is 0.847. The van der Waals surface area contributed by atoms with E-state index in [1.165, 1.54) is 41.0 Å². The average Bonchev–Trinajstić information content (AvgIpc) is 2.90. The number of methoxy groups -OCH3 is 1. The van der Waals surface area contributed by atoms with Crippen molar-refractivity contribution < 1.29 is 4.74 Å². The van der Waals surface area contributed by atoms with E-state index in [1.807, 2.05) is 23.5 Å². The van der Waals surface area contributed by atoms with Gasteiger partial charge in [-0.2, -0.15) is 0 Å². The highest BCUT2D eigenvalue weighted by atomic mass is 79.9. The molecule has 0 saturated heterocycles. The Kier molecular flexibility index (Phi) is 4.39. The standard InChI is InChI=1S/C16H16BrClOS/c1-19-13-7-6-11(17)9-12(13)16(18)15-8-10-4-2-3-5-14(10)20-15/h6-9,16H,2-5H2,1H3. The molecule has 1 atom stereocenters. The van der Waals surface area contributed by atoms with Gasteiger partial charge in [-0.3, -0.25) is 0 Å². The van der Waals surface area contributed by atoms with Crippen molar-refractivity contribution in [2.75, 3.05) is 7.11 Å². The van der Waals surface area contributed by atoms with Crippen LogP contribution in [0.1, 0.15) is 39.1 Å². The predicted molar refractivity (Wildman–Crippen MR) is 89.4 cm³/mol. The molecule has 3 rings (SSSR count). The normalized spacial score (nSPS) is 15.8. The minimum Gasteiger partial charge on any atom is -0.496 e. The number of alkyl halides is 1. The predicted octanol–water partition coefficient (Wildman–Crippen LogP) is 5.73. The molecule has 0 spiro atoms. The highest BCUT2D eigenvalue weighted by Gasteiger charge is 2.21. The van der Waals surface area contributed by atoms with Gasteiger partial charge in [0, 0.05) is 19.8 Å². The topological polar surface area (TPSA) is 9.23 Å². The smallest absolute Gasteiger partial charge is 0.124 e. The van der Waals surface area contributed by atoms with Crippen molar-refractivity contribution in [3.8, 4) is 5.75 Å². The lowest BCUT2D eigenvalue weighted by atomic mass is 9.98. The maximum Gasteiger partial charge on any atom is 0.124 e. The first-order valence-electron chi connectivity index (χ1n) is 6.78. The Morgan fingerprint density at radius 1 is 1.25 bits per heavy atom. The summed E-state index contributed by atoms with van der Waals surface area (Å²) in [6, 6.07) is 8.28. The Morgan fingerprint density at radius 3 is 2.80 bits per heavy atom. The lowest BCUT2D eigenvalue weighted by Crippen LogP contribution is -1.97. The number of fused-ring (bicyclic) bond motifs is 1. The molecule has 0 saturated carbocycles. The van der Waals surface area contributed by atoms with Crippen molar-refractivity contribution in [3.05, 3.63) is 49.6 Å². The maximum atomic E-state index is 6.72. The zero-order valence-electron chi connectivity index (χ0n) is 11.3. The molecule has 0 fully saturated rings. The first-order valence-corrected chi connectivity index (χ1v) is 8.82. The maximum absolute atomic E-state index is 6.72. The Labute approximate surface area is 137 Å². The van der Waals surface area contributed by atoms with Gasteiger partial charge in [-0.25, -0.2) is 0 Å². The van der Waals surface area contributed by atoms with Crippen LogP contribution in [0, 0.1) is 0 Å². The summed E-state index contributed by atoms with van der Waals surface area (Å²) in [5, 5.41) is -0.141. The lowest BCUT2D eigenvalue weighted by Gasteiger charge is -2.13. The Bertz CT molecular complexity index is 599. The third-order valence-electron chi connectivity index (χ3n) is 3.73. The van der Waals surface area contributed by atoms with E-state index in [1.54, 1.807) is 7.11 Å². The quantitative estimate of drug-likeness (QED) is 0.626. The zero-order valence-corrected chi connectivity index (χ0v) is 14.4. The minimum atomic E-state index is -0.141. The van der Waals surface area contributed by atoms with Gasteiger partial charge >= 0.3 is 0 Å². The number of hydrogen-bond donors (Lipinski definition) is 0. The van der Waals surface area contributed by atoms with Crippen LogP contribution in [0.4, 0.5) is 0 Å². The summed E-state index contributed by atoms with van der Waals surface area (Å²) in [7, 11) is 1.69. The SMILES string of the molecule is COc1ccc(Br)cc1C(Cl)c1cc2c(s1)CCCC2. The molecule has 106 valence electrons. The third-order valence-corrected chi connectivity index (χ3v) is 6.13. The van der Waals surface area contributed by atoms with Crippen molar-refractivity contribution in [2.45, 2.75) is 31.1 Å². The van der Waals surface area contributed by atoms with Crippen LogP contribution >= 0.6 is 38.9 Å². The van der Waals surface area contributed by atoms with Crippen LogP contribution < -0.4 is 4.74 Å². The fourth-order valence-electron chi connectivity index (χ4n) is 2.70. The van der Waals surface area contributed by atoms with E-state index in [0.29, 0.717) is 0 Å². The van der Waals surface area contributed by atoms with E-state index < -0.39 is 0 Å². The van der Waals surface area contributed by atoms with E-state index in [-0.39, 0.29) is 5.38 Å². The van der Waals surface area contributed by atoms with Gasteiger partial charge in [-0.1, -0.05) is 15.9 Å². The van der Waals surface area contributed by atoms with E-state index in [9.17, 15) is 0 Å². The van der Waals surface area contributed by atoms with E-state index in [4.69, 9.17) is 16.3 Å². The lowest BCUT2D eigenvalue weighted by molar-refractivity contribution is 0.410. The largest absolute Gasteiger partial charge is 0.496 e. The number of aryl methyl sites for hydroxylation is 2. The second-order valence-corrected chi connectivity index (χ2v) is 7.57. The van der Waals surface area contributed by atoms with Crippen LogP contribution in [0.25, 0.3) is 0 Å². The van der Waals surface area contributed by atoms with Crippen LogP contribution in [-0.4, -0.2) is 7.11 Å². The summed E-state index contributed by atoms with van der Waals surface area (Å²) in [5.41, 5.74) is 2.53. The molecule has 1 aromatic carbocycles. The number of ether oxygens (including phenoxy) is 1. The molecule has 0 amide bonds. The fourth-order valence-corrected chi connectivity index (χ4v) is 4.70. The molecule has 1 heterocycles. The molecule has 2 aromatic rings. The van der Waals surface area contributed by atoms with Crippen molar-refractivity contribution in [2.24, 2.45) is 0 Å². The number of thiophene rings is 1. The zero-order chi connectivity index (χ0) is 14.1. The summed E-state index contributed by atoms with van der Waals surface area (Å²) in [6.07, 6.45) is 5.01. The minimum absolute atomic E-state index is 0.141. The Morgan fingerprint density at radius 2 is 2.05 bits per heavy atom. The van der Waals surface area contributed by atoms with Gasteiger partial charge in [0.25, 0.3) is 0 Å². The highest BCUT2D eigenvalue weighted by molar-refractivity contribution is 9.10. The molecule has 0 bridgehead atoms. The van der Waals surface area contributed by atoms with Gasteiger partial charge in [-0.05, 0) is 55.5 Å². The molecule has 4 heteroatoms. The number of benzene rings is 1. The van der Waals surface area contributed by atoms with Crippen molar-refractivity contribution in [3.63, 3.8) is 0 Å². The van der Waals surface area contributed by atoms with Crippen LogP contribution in [0.15, 0.2) is 28.7 Å². The average molecular weight is 372 g/mol. The third kappa shape index (κ3) is 2.76. The van der Waals surface area contributed by atoms with E-state index in [0.717, 1.165) is 15.8 Å². The van der Waals surface area contributed by atoms with Gasteiger partial charge in [0.05, 0.1) is 12.5 Å². The van der Waals surface area contributed by atoms with Crippen molar-refractivity contribution in [1.29, 1.82) is 0 Å². The molecule has 1 aromatic heterocycles. The van der Waals surface area contributed by atoms with Gasteiger partial charge < -0.3 is 4.74 Å². The van der Waals surface area contributed by atoms with Crippen LogP contribution in [0.3, 0.4) is 0 Å². The first kappa shape index (κ1) is 14.4. The molecular weight excluding hydrogens is 356 g/mol. The van der Waals surface area contributed by atoms with Crippen LogP contribution in [0.2, 0.25) is 0 Å². The molecule has 1 aliphatic carbocycles. The van der Waals surface area contributed by atoms with E-state index in [2.05, 4.69) is 28.1 Å². The van der Waals surface area contributed by atoms with Gasteiger partial charge in [-0.15, -0.1) is 22.9 Å². The summed E-state index contributed by atoms with van der Waals surface area (Å²) >= 11 is 12.1. The van der Waals surface area contributed by atoms with Crippen molar-refractivity contribution >= 4 is 38.9 Å². The second-order valence-electron chi connectivity index (χ2n) is 5.05. The van der Waals surface area contributed by atoms with E-state index >= 15 is 0 Å². The van der Waals surface area contributed by atoms with Gasteiger partial charge in [0.15, 0.2) is 0 Å². The number of halogens is 2. The summed E-state index contributed by atoms with van der Waals surface area (Å²) in [4.78, 5) is 2.75. The van der Waals surface area contributed by atoms with Crippen LogP contribution in [-0.2, 0) is 12.8 Å².